The van der Waals surface area contributed by atoms with E-state index in [0.717, 1.165) is 14.5 Å². The smallest absolute Gasteiger partial charge is 0.195 e. The van der Waals surface area contributed by atoms with Crippen LogP contribution in [0.5, 0.6) is 0 Å². The lowest BCUT2D eigenvalue weighted by atomic mass is 10.5. The molecule has 2 heterocycles. The van der Waals surface area contributed by atoms with Crippen LogP contribution in [0.1, 0.15) is 4.88 Å². The van der Waals surface area contributed by atoms with Gasteiger partial charge in [-0.25, -0.2) is 0 Å². The molecule has 0 N–H and O–H groups in total. The molecule has 0 bridgehead atoms. The first kappa shape index (κ1) is 10.8. The summed E-state index contributed by atoms with van der Waals surface area (Å²) >= 11 is 6.53. The zero-order valence-electron chi connectivity index (χ0n) is 7.79. The third-order valence-corrected chi connectivity index (χ3v) is 3.84. The molecular formula is C8H7BrN4S2. The lowest BCUT2D eigenvalue weighted by molar-refractivity contribution is 0.768. The van der Waals surface area contributed by atoms with Crippen LogP contribution in [-0.2, 0) is 0 Å². The Hall–Kier alpha value is -0.660. The van der Waals surface area contributed by atoms with Gasteiger partial charge in [0.25, 0.3) is 0 Å². The predicted octanol–water partition coefficient (Wildman–Crippen LogP) is 2.71. The Morgan fingerprint density at radius 3 is 3.20 bits per heavy atom. The van der Waals surface area contributed by atoms with E-state index in [1.165, 1.54) is 11.8 Å². The number of thiophene rings is 1. The van der Waals surface area contributed by atoms with Crippen molar-refractivity contribution in [2.45, 2.75) is 5.16 Å². The summed E-state index contributed by atoms with van der Waals surface area (Å²) in [6.07, 6.45) is 5.32. The van der Waals surface area contributed by atoms with Crippen molar-refractivity contribution in [2.75, 3.05) is 6.26 Å². The van der Waals surface area contributed by atoms with Crippen molar-refractivity contribution < 1.29 is 0 Å². The van der Waals surface area contributed by atoms with Gasteiger partial charge in [-0.05, 0) is 28.3 Å². The normalized spacial score (nSPS) is 11.3. The van der Waals surface area contributed by atoms with Crippen LogP contribution in [0.2, 0.25) is 0 Å². The van der Waals surface area contributed by atoms with Gasteiger partial charge in [0, 0.05) is 14.7 Å². The van der Waals surface area contributed by atoms with Crippen molar-refractivity contribution in [1.29, 1.82) is 0 Å². The van der Waals surface area contributed by atoms with Crippen LogP contribution in [-0.4, -0.2) is 27.3 Å². The quantitative estimate of drug-likeness (QED) is 0.647. The third-order valence-electron chi connectivity index (χ3n) is 1.58. The van der Waals surface area contributed by atoms with Crippen LogP contribution < -0.4 is 0 Å². The van der Waals surface area contributed by atoms with Crippen LogP contribution >= 0.6 is 39.0 Å². The molecule has 0 radical (unpaired) electrons. The van der Waals surface area contributed by atoms with Crippen molar-refractivity contribution in [1.82, 2.24) is 14.9 Å². The molecule has 0 unspecified atom stereocenters. The van der Waals surface area contributed by atoms with Gasteiger partial charge in [-0.3, -0.25) is 0 Å². The summed E-state index contributed by atoms with van der Waals surface area (Å²) in [7, 11) is 0. The number of hydrogen-bond acceptors (Lipinski definition) is 5. The first-order valence-corrected chi connectivity index (χ1v) is 6.92. The number of halogens is 1. The number of rotatable bonds is 3. The maximum Gasteiger partial charge on any atom is 0.211 e. The molecule has 7 heteroatoms. The third kappa shape index (κ3) is 2.67. The molecule has 0 aliphatic heterocycles. The van der Waals surface area contributed by atoms with Crippen molar-refractivity contribution in [2.24, 2.45) is 5.10 Å². The Bertz CT molecular complexity index is 476. The standard InChI is InChI=1S/C8H7BrN4S2/c1-14-8-12-10-5-13(8)11-3-7-2-6(9)4-15-7/h2-5H,1H3/b11-3-. The molecule has 0 amide bonds. The Labute approximate surface area is 104 Å². The zero-order chi connectivity index (χ0) is 10.7. The maximum atomic E-state index is 4.26. The highest BCUT2D eigenvalue weighted by Gasteiger charge is 1.99. The highest BCUT2D eigenvalue weighted by atomic mass is 79.9. The van der Waals surface area contributed by atoms with E-state index in [9.17, 15) is 0 Å². The second kappa shape index (κ2) is 4.91. The van der Waals surface area contributed by atoms with Crippen molar-refractivity contribution in [3.63, 3.8) is 0 Å². The lowest BCUT2D eigenvalue weighted by Crippen LogP contribution is -1.89. The Kier molecular flexibility index (Phi) is 3.55. The summed E-state index contributed by atoms with van der Waals surface area (Å²) in [6.45, 7) is 0. The molecule has 2 aromatic heterocycles. The molecule has 2 aromatic rings. The Morgan fingerprint density at radius 1 is 1.67 bits per heavy atom. The minimum absolute atomic E-state index is 0.780. The molecule has 4 nitrogen and oxygen atoms in total. The summed E-state index contributed by atoms with van der Waals surface area (Å²) in [5, 5.41) is 14.7. The molecule has 15 heavy (non-hydrogen) atoms. The van der Waals surface area contributed by atoms with Crippen molar-refractivity contribution >= 4 is 45.2 Å². The molecule has 0 saturated carbocycles. The van der Waals surface area contributed by atoms with E-state index in [4.69, 9.17) is 0 Å². The highest BCUT2D eigenvalue weighted by Crippen LogP contribution is 2.18. The fourth-order valence-corrected chi connectivity index (χ4v) is 2.66. The minimum atomic E-state index is 0.780. The Morgan fingerprint density at radius 2 is 2.53 bits per heavy atom. The average Bonchev–Trinajstić information content (AvgIpc) is 2.83. The lowest BCUT2D eigenvalue weighted by Gasteiger charge is -1.93. The van der Waals surface area contributed by atoms with E-state index >= 15 is 0 Å². The molecule has 2 rings (SSSR count). The summed E-state index contributed by atoms with van der Waals surface area (Å²) in [5.41, 5.74) is 0. The first-order valence-electron chi connectivity index (χ1n) is 4.02. The van der Waals surface area contributed by atoms with Gasteiger partial charge in [0.1, 0.15) is 6.33 Å². The van der Waals surface area contributed by atoms with E-state index in [2.05, 4.69) is 31.2 Å². The van der Waals surface area contributed by atoms with Gasteiger partial charge in [0.05, 0.1) is 6.21 Å². The molecule has 78 valence electrons. The summed E-state index contributed by atoms with van der Waals surface area (Å²) in [5.74, 6) is 0. The molecule has 0 aliphatic rings. The topological polar surface area (TPSA) is 43.1 Å². The predicted molar refractivity (Wildman–Crippen MR) is 66.8 cm³/mol. The van der Waals surface area contributed by atoms with E-state index in [-0.39, 0.29) is 0 Å². The zero-order valence-corrected chi connectivity index (χ0v) is 11.0. The molecule has 0 saturated heterocycles. The maximum absolute atomic E-state index is 4.26. The van der Waals surface area contributed by atoms with E-state index in [1.807, 2.05) is 17.7 Å². The fourth-order valence-electron chi connectivity index (χ4n) is 0.948. The van der Waals surface area contributed by atoms with Crippen LogP contribution in [0.15, 0.2) is 32.5 Å². The van der Waals surface area contributed by atoms with Crippen LogP contribution in [0, 0.1) is 0 Å². The fraction of sp³-hybridized carbons (Fsp3) is 0.125. The average molecular weight is 303 g/mol. The second-order valence-corrected chi connectivity index (χ2v) is 5.21. The first-order chi connectivity index (χ1) is 7.29. The number of aromatic nitrogens is 3. The number of nitrogens with zero attached hydrogens (tertiary/aromatic N) is 4. The molecule has 0 atom stereocenters. The summed E-state index contributed by atoms with van der Waals surface area (Å²) in [4.78, 5) is 1.09. The largest absolute Gasteiger partial charge is 0.211 e. The van der Waals surface area contributed by atoms with Gasteiger partial charge in [0.15, 0.2) is 0 Å². The van der Waals surface area contributed by atoms with Crippen molar-refractivity contribution in [3.05, 3.63) is 27.1 Å². The van der Waals surface area contributed by atoms with E-state index in [0.29, 0.717) is 0 Å². The number of thioether (sulfide) groups is 1. The minimum Gasteiger partial charge on any atom is -0.195 e. The molecule has 0 fully saturated rings. The van der Waals surface area contributed by atoms with Gasteiger partial charge in [-0.2, -0.15) is 9.78 Å². The van der Waals surface area contributed by atoms with E-state index in [1.54, 1.807) is 28.6 Å². The van der Waals surface area contributed by atoms with Gasteiger partial charge in [-0.1, -0.05) is 11.8 Å². The van der Waals surface area contributed by atoms with Gasteiger partial charge >= 0.3 is 0 Å². The molecular weight excluding hydrogens is 296 g/mol. The summed E-state index contributed by atoms with van der Waals surface area (Å²) in [6, 6.07) is 2.01. The van der Waals surface area contributed by atoms with E-state index < -0.39 is 0 Å². The molecule has 0 aromatic carbocycles. The van der Waals surface area contributed by atoms with Crippen LogP contribution in [0.25, 0.3) is 0 Å². The number of hydrogen-bond donors (Lipinski definition) is 0. The monoisotopic (exact) mass is 302 g/mol. The SMILES string of the molecule is CSc1nncn1/N=C\c1cc(Br)cs1. The molecule has 0 aliphatic carbocycles. The van der Waals surface area contributed by atoms with Gasteiger partial charge in [-0.15, -0.1) is 21.5 Å². The van der Waals surface area contributed by atoms with Crippen LogP contribution in [0.4, 0.5) is 0 Å². The Balaban J connectivity index is 2.18. The second-order valence-electron chi connectivity index (χ2n) is 2.57. The highest BCUT2D eigenvalue weighted by molar-refractivity contribution is 9.10. The van der Waals surface area contributed by atoms with Crippen molar-refractivity contribution in [3.8, 4) is 0 Å². The van der Waals surface area contributed by atoms with Gasteiger partial charge in [0.2, 0.25) is 5.16 Å². The van der Waals surface area contributed by atoms with Crippen LogP contribution in [0.3, 0.4) is 0 Å². The molecule has 0 spiro atoms. The van der Waals surface area contributed by atoms with Gasteiger partial charge < -0.3 is 0 Å². The summed E-state index contributed by atoms with van der Waals surface area (Å²) < 4.78 is 2.72.